The van der Waals surface area contributed by atoms with Crippen molar-refractivity contribution in [2.24, 2.45) is 0 Å². The summed E-state index contributed by atoms with van der Waals surface area (Å²) < 4.78 is 11.3. The van der Waals surface area contributed by atoms with Crippen LogP contribution < -0.4 is 9.47 Å². The second-order valence-electron chi connectivity index (χ2n) is 4.67. The Labute approximate surface area is 119 Å². The highest BCUT2D eigenvalue weighted by atomic mass is 16.5. The molecule has 1 N–H and O–H groups in total. The Bertz CT molecular complexity index is 520. The van der Waals surface area contributed by atoms with E-state index in [9.17, 15) is 0 Å². The molecule has 2 aromatic rings. The molecule has 3 heteroatoms. The molecular formula is C17H20O3. The van der Waals surface area contributed by atoms with Crippen molar-refractivity contribution in [3.8, 4) is 11.5 Å². The number of aryl methyl sites for hydroxylation is 1. The fraction of sp³-hybridized carbons (Fsp3) is 0.294. The topological polar surface area (TPSA) is 38.7 Å². The van der Waals surface area contributed by atoms with E-state index in [0.29, 0.717) is 19.6 Å². The van der Waals surface area contributed by atoms with Crippen molar-refractivity contribution in [1.82, 2.24) is 0 Å². The molecular weight excluding hydrogens is 252 g/mol. The number of hydrogen-bond donors (Lipinski definition) is 1. The lowest BCUT2D eigenvalue weighted by atomic mass is 10.2. The van der Waals surface area contributed by atoms with Gasteiger partial charge in [-0.05, 0) is 24.6 Å². The zero-order chi connectivity index (χ0) is 14.2. The van der Waals surface area contributed by atoms with Gasteiger partial charge in [0.25, 0.3) is 0 Å². The van der Waals surface area contributed by atoms with Gasteiger partial charge in [-0.2, -0.15) is 0 Å². The Morgan fingerprint density at radius 1 is 0.950 bits per heavy atom. The largest absolute Gasteiger partial charge is 0.493 e. The highest BCUT2D eigenvalue weighted by Crippen LogP contribution is 2.20. The molecule has 0 heterocycles. The molecule has 2 aromatic carbocycles. The highest BCUT2D eigenvalue weighted by Gasteiger charge is 1.99. The lowest BCUT2D eigenvalue weighted by molar-refractivity contribution is 0.232. The molecule has 3 nitrogen and oxygen atoms in total. The summed E-state index contributed by atoms with van der Waals surface area (Å²) in [5.74, 6) is 1.55. The van der Waals surface area contributed by atoms with Gasteiger partial charge in [0.15, 0.2) is 0 Å². The molecule has 0 aliphatic heterocycles. The minimum absolute atomic E-state index is 0.142. The lowest BCUT2D eigenvalue weighted by Gasteiger charge is -2.09. The first-order valence-corrected chi connectivity index (χ1v) is 6.80. The summed E-state index contributed by atoms with van der Waals surface area (Å²) in [6.45, 7) is 3.26. The van der Waals surface area contributed by atoms with Crippen LogP contribution in [0.15, 0.2) is 48.5 Å². The standard InChI is InChI=1S/C17H20O3/c1-14-6-8-15(9-7-14)13-20-17-5-2-4-16(12-17)19-11-3-10-18/h2,4-9,12,18H,3,10-11,13H2,1H3. The van der Waals surface area contributed by atoms with Crippen molar-refractivity contribution in [3.63, 3.8) is 0 Å². The predicted molar refractivity (Wildman–Crippen MR) is 79.2 cm³/mol. The SMILES string of the molecule is Cc1ccc(COc2cccc(OCCCO)c2)cc1. The Kier molecular flexibility index (Phi) is 5.44. The van der Waals surface area contributed by atoms with Gasteiger partial charge >= 0.3 is 0 Å². The van der Waals surface area contributed by atoms with Gasteiger partial charge in [-0.15, -0.1) is 0 Å². The van der Waals surface area contributed by atoms with E-state index in [1.807, 2.05) is 24.3 Å². The lowest BCUT2D eigenvalue weighted by Crippen LogP contribution is -2.00. The average Bonchev–Trinajstić information content (AvgIpc) is 2.47. The van der Waals surface area contributed by atoms with E-state index in [0.717, 1.165) is 17.1 Å². The van der Waals surface area contributed by atoms with Crippen LogP contribution in [0.4, 0.5) is 0 Å². The molecule has 0 spiro atoms. The Morgan fingerprint density at radius 2 is 1.65 bits per heavy atom. The van der Waals surface area contributed by atoms with Crippen molar-refractivity contribution < 1.29 is 14.6 Å². The number of aliphatic hydroxyl groups is 1. The zero-order valence-corrected chi connectivity index (χ0v) is 11.7. The first-order valence-electron chi connectivity index (χ1n) is 6.80. The van der Waals surface area contributed by atoms with E-state index in [1.165, 1.54) is 5.56 Å². The molecule has 0 aromatic heterocycles. The molecule has 0 saturated carbocycles. The van der Waals surface area contributed by atoms with Crippen molar-refractivity contribution in [2.75, 3.05) is 13.2 Å². The van der Waals surface area contributed by atoms with Gasteiger partial charge in [-0.25, -0.2) is 0 Å². The third-order valence-electron chi connectivity index (χ3n) is 2.90. The Hall–Kier alpha value is -2.00. The fourth-order valence-corrected chi connectivity index (χ4v) is 1.76. The van der Waals surface area contributed by atoms with Crippen LogP contribution in [-0.4, -0.2) is 18.3 Å². The van der Waals surface area contributed by atoms with E-state index in [1.54, 1.807) is 0 Å². The molecule has 0 atom stereocenters. The first-order chi connectivity index (χ1) is 9.78. The molecule has 0 radical (unpaired) electrons. The number of ether oxygens (including phenoxy) is 2. The summed E-state index contributed by atoms with van der Waals surface area (Å²) in [6.07, 6.45) is 0.633. The maximum absolute atomic E-state index is 8.72. The third kappa shape index (κ3) is 4.59. The van der Waals surface area contributed by atoms with Gasteiger partial charge < -0.3 is 14.6 Å². The molecule has 0 bridgehead atoms. The summed E-state index contributed by atoms with van der Waals surface area (Å²) >= 11 is 0. The van der Waals surface area contributed by atoms with Crippen molar-refractivity contribution in [1.29, 1.82) is 0 Å². The van der Waals surface area contributed by atoms with Gasteiger partial charge in [-0.3, -0.25) is 0 Å². The second kappa shape index (κ2) is 7.56. The quantitative estimate of drug-likeness (QED) is 0.786. The maximum atomic E-state index is 8.72. The number of aliphatic hydroxyl groups excluding tert-OH is 1. The van der Waals surface area contributed by atoms with Crippen LogP contribution >= 0.6 is 0 Å². The molecule has 0 aliphatic carbocycles. The van der Waals surface area contributed by atoms with E-state index in [4.69, 9.17) is 14.6 Å². The molecule has 2 rings (SSSR count). The smallest absolute Gasteiger partial charge is 0.123 e. The van der Waals surface area contributed by atoms with Crippen LogP contribution in [0.1, 0.15) is 17.5 Å². The summed E-state index contributed by atoms with van der Waals surface area (Å²) in [4.78, 5) is 0. The minimum Gasteiger partial charge on any atom is -0.493 e. The highest BCUT2D eigenvalue weighted by molar-refractivity contribution is 5.33. The molecule has 20 heavy (non-hydrogen) atoms. The fourth-order valence-electron chi connectivity index (χ4n) is 1.76. The summed E-state index contributed by atoms with van der Waals surface area (Å²) in [7, 11) is 0. The Morgan fingerprint density at radius 3 is 2.35 bits per heavy atom. The average molecular weight is 272 g/mol. The van der Waals surface area contributed by atoms with Crippen LogP contribution in [0.3, 0.4) is 0 Å². The summed E-state index contributed by atoms with van der Waals surface area (Å²) in [5, 5.41) is 8.72. The number of benzene rings is 2. The van der Waals surface area contributed by atoms with Crippen molar-refractivity contribution in [2.45, 2.75) is 20.0 Å². The maximum Gasteiger partial charge on any atom is 0.123 e. The van der Waals surface area contributed by atoms with Crippen LogP contribution in [0.2, 0.25) is 0 Å². The molecule has 0 aliphatic rings. The van der Waals surface area contributed by atoms with E-state index < -0.39 is 0 Å². The van der Waals surface area contributed by atoms with Gasteiger partial charge in [0.05, 0.1) is 6.61 Å². The summed E-state index contributed by atoms with van der Waals surface area (Å²) in [5.41, 5.74) is 2.38. The second-order valence-corrected chi connectivity index (χ2v) is 4.67. The normalized spacial score (nSPS) is 10.3. The monoisotopic (exact) mass is 272 g/mol. The molecule has 0 amide bonds. The predicted octanol–water partition coefficient (Wildman–Crippen LogP) is 3.34. The van der Waals surface area contributed by atoms with Gasteiger partial charge in [0, 0.05) is 19.1 Å². The van der Waals surface area contributed by atoms with Crippen LogP contribution in [-0.2, 0) is 6.61 Å². The van der Waals surface area contributed by atoms with Gasteiger partial charge in [0.1, 0.15) is 18.1 Å². The van der Waals surface area contributed by atoms with Crippen molar-refractivity contribution >= 4 is 0 Å². The van der Waals surface area contributed by atoms with Gasteiger partial charge in [-0.1, -0.05) is 35.9 Å². The van der Waals surface area contributed by atoms with E-state index >= 15 is 0 Å². The van der Waals surface area contributed by atoms with Crippen LogP contribution in [0.5, 0.6) is 11.5 Å². The zero-order valence-electron chi connectivity index (χ0n) is 11.7. The number of hydrogen-bond acceptors (Lipinski definition) is 3. The Balaban J connectivity index is 1.89. The van der Waals surface area contributed by atoms with E-state index in [-0.39, 0.29) is 6.61 Å². The van der Waals surface area contributed by atoms with Gasteiger partial charge in [0.2, 0.25) is 0 Å². The molecule has 0 saturated heterocycles. The van der Waals surface area contributed by atoms with Crippen molar-refractivity contribution in [3.05, 3.63) is 59.7 Å². The first kappa shape index (κ1) is 14.4. The molecule has 0 unspecified atom stereocenters. The van der Waals surface area contributed by atoms with Crippen LogP contribution in [0.25, 0.3) is 0 Å². The van der Waals surface area contributed by atoms with E-state index in [2.05, 4.69) is 31.2 Å². The molecule has 106 valence electrons. The minimum atomic E-state index is 0.142. The number of rotatable bonds is 7. The summed E-state index contributed by atoms with van der Waals surface area (Å²) in [6, 6.07) is 15.8. The molecule has 0 fully saturated rings. The third-order valence-corrected chi connectivity index (χ3v) is 2.90. The van der Waals surface area contributed by atoms with Crippen LogP contribution in [0, 0.1) is 6.92 Å².